The number of fused-ring (bicyclic) bond motifs is 2. The van der Waals surface area contributed by atoms with Gasteiger partial charge in [0.2, 0.25) is 0 Å². The molecule has 0 bridgehead atoms. The normalized spacial score (nSPS) is 11.5. The highest BCUT2D eigenvalue weighted by Gasteiger charge is 2.39. The molecule has 5 nitrogen and oxygen atoms in total. The van der Waals surface area contributed by atoms with Crippen LogP contribution in [0.4, 0.5) is 34.1 Å². The van der Waals surface area contributed by atoms with E-state index in [-0.39, 0.29) is 0 Å². The molecule has 0 radical (unpaired) electrons. The maximum absolute atomic E-state index is 6.12. The van der Waals surface area contributed by atoms with E-state index in [2.05, 4.69) is 198 Å². The van der Waals surface area contributed by atoms with Gasteiger partial charge < -0.3 is 23.1 Å². The third-order valence-electron chi connectivity index (χ3n) is 11.2. The average molecular weight is 819 g/mol. The second kappa shape index (κ2) is 19.4. The molecule has 0 fully saturated rings. The third kappa shape index (κ3) is 9.24. The van der Waals surface area contributed by atoms with Gasteiger partial charge in [-0.1, -0.05) is 134 Å². The number of benzene rings is 8. The van der Waals surface area contributed by atoms with Crippen molar-refractivity contribution >= 4 is 70.5 Å². The Morgan fingerprint density at radius 1 is 0.459 bits per heavy atom. The van der Waals surface area contributed by atoms with Gasteiger partial charge in [-0.3, -0.25) is 0 Å². The molecule has 0 spiro atoms. The summed E-state index contributed by atoms with van der Waals surface area (Å²) in [7, 11) is -2.68. The summed E-state index contributed by atoms with van der Waals surface area (Å²) in [5, 5.41) is 4.82. The highest BCUT2D eigenvalue weighted by molar-refractivity contribution is 6.60. The van der Waals surface area contributed by atoms with Crippen molar-refractivity contribution in [3.8, 4) is 11.1 Å². The fourth-order valence-electron chi connectivity index (χ4n) is 8.35. The van der Waals surface area contributed by atoms with Gasteiger partial charge in [-0.15, -0.1) is 0 Å². The lowest BCUT2D eigenvalue weighted by Crippen LogP contribution is -2.46. The van der Waals surface area contributed by atoms with Crippen LogP contribution in [0.25, 0.3) is 38.7 Å². The number of hydrogen-bond acceptors (Lipinski definition) is 5. The van der Waals surface area contributed by atoms with E-state index >= 15 is 0 Å². The zero-order chi connectivity index (χ0) is 42.0. The predicted molar refractivity (Wildman–Crippen MR) is 260 cm³/mol. The minimum Gasteiger partial charge on any atom is -0.374 e. The summed E-state index contributed by atoms with van der Waals surface area (Å²) in [6, 6.07) is 66.5. The largest absolute Gasteiger partial charge is 0.500 e. The summed E-state index contributed by atoms with van der Waals surface area (Å²) in [6.07, 6.45) is 3.74. The van der Waals surface area contributed by atoms with Crippen molar-refractivity contribution in [3.05, 3.63) is 200 Å². The Balaban J connectivity index is 1.08. The Morgan fingerprint density at radius 3 is 1.28 bits per heavy atom. The van der Waals surface area contributed by atoms with Crippen LogP contribution < -0.4 is 9.80 Å². The second-order valence-electron chi connectivity index (χ2n) is 15.1. The Hall–Kier alpha value is -6.28. The summed E-state index contributed by atoms with van der Waals surface area (Å²) >= 11 is 0. The minimum atomic E-state index is -2.68. The van der Waals surface area contributed by atoms with Gasteiger partial charge in [0.05, 0.1) is 11.4 Å². The molecule has 0 aromatic heterocycles. The van der Waals surface area contributed by atoms with Crippen molar-refractivity contribution in [2.45, 2.75) is 39.7 Å². The lowest BCUT2D eigenvalue weighted by molar-refractivity contribution is 0.0708. The van der Waals surface area contributed by atoms with Crippen molar-refractivity contribution < 1.29 is 13.3 Å². The van der Waals surface area contributed by atoms with E-state index < -0.39 is 8.80 Å². The Labute approximate surface area is 362 Å². The first-order valence-corrected chi connectivity index (χ1v) is 23.5. The molecule has 0 amide bonds. The summed E-state index contributed by atoms with van der Waals surface area (Å²) in [5.41, 5.74) is 11.3. The van der Waals surface area contributed by atoms with Crippen LogP contribution in [0.1, 0.15) is 38.3 Å². The van der Waals surface area contributed by atoms with Crippen LogP contribution in [0.2, 0.25) is 6.04 Å². The maximum atomic E-state index is 6.12. The Morgan fingerprint density at radius 2 is 0.852 bits per heavy atom. The van der Waals surface area contributed by atoms with Gasteiger partial charge >= 0.3 is 8.80 Å². The van der Waals surface area contributed by atoms with Crippen molar-refractivity contribution in [2.75, 3.05) is 29.6 Å². The zero-order valence-corrected chi connectivity index (χ0v) is 36.5. The first kappa shape index (κ1) is 41.5. The molecule has 0 saturated carbocycles. The molecule has 8 aromatic carbocycles. The van der Waals surface area contributed by atoms with Crippen molar-refractivity contribution in [1.29, 1.82) is 0 Å². The SMILES string of the molecule is C=Cc1ccc(N(c2ccc(-c3ccc(N(c4ccc(CCC[Si](OCC)(OCC)OCC)cc4)c4cccc5ccccc45)cc3)cc2)c2cccc3ccccc23)cc1. The molecular weight excluding hydrogens is 765 g/mol. The number of hydrogen-bond donors (Lipinski definition) is 0. The fourth-order valence-corrected chi connectivity index (χ4v) is 11.0. The third-order valence-corrected chi connectivity index (χ3v) is 14.4. The first-order valence-electron chi connectivity index (χ1n) is 21.5. The monoisotopic (exact) mass is 818 g/mol. The lowest BCUT2D eigenvalue weighted by Gasteiger charge is -2.28. The van der Waals surface area contributed by atoms with Crippen molar-refractivity contribution in [1.82, 2.24) is 0 Å². The molecule has 0 N–H and O–H groups in total. The average Bonchev–Trinajstić information content (AvgIpc) is 3.31. The second-order valence-corrected chi connectivity index (χ2v) is 17.8. The van der Waals surface area contributed by atoms with Crippen LogP contribution in [-0.2, 0) is 19.7 Å². The van der Waals surface area contributed by atoms with E-state index in [0.29, 0.717) is 19.8 Å². The van der Waals surface area contributed by atoms with Gasteiger partial charge in [-0.2, -0.15) is 0 Å². The van der Waals surface area contributed by atoms with Crippen molar-refractivity contribution in [3.63, 3.8) is 0 Å². The van der Waals surface area contributed by atoms with Crippen LogP contribution in [0.15, 0.2) is 189 Å². The molecule has 306 valence electrons. The highest BCUT2D eigenvalue weighted by Crippen LogP contribution is 2.42. The zero-order valence-electron chi connectivity index (χ0n) is 35.5. The van der Waals surface area contributed by atoms with E-state index in [9.17, 15) is 0 Å². The molecule has 0 heterocycles. The molecular formula is C55H54N2O3Si. The Bertz CT molecular complexity index is 2650. The van der Waals surface area contributed by atoms with Gasteiger partial charge in [0, 0.05) is 59.4 Å². The van der Waals surface area contributed by atoms with E-state index in [0.717, 1.165) is 69.7 Å². The molecule has 8 aromatic rings. The number of rotatable bonds is 18. The molecule has 61 heavy (non-hydrogen) atoms. The highest BCUT2D eigenvalue weighted by atomic mass is 28.4. The quantitative estimate of drug-likeness (QED) is 0.0806. The van der Waals surface area contributed by atoms with Crippen LogP contribution in [0.5, 0.6) is 0 Å². The van der Waals surface area contributed by atoms with Gasteiger partial charge in [-0.25, -0.2) is 0 Å². The number of anilines is 6. The molecule has 0 saturated heterocycles. The molecule has 0 unspecified atom stereocenters. The van der Waals surface area contributed by atoms with Gasteiger partial charge in [0.15, 0.2) is 0 Å². The smallest absolute Gasteiger partial charge is 0.374 e. The van der Waals surface area contributed by atoms with Crippen LogP contribution in [-0.4, -0.2) is 28.6 Å². The van der Waals surface area contributed by atoms with Crippen molar-refractivity contribution in [2.24, 2.45) is 0 Å². The van der Waals surface area contributed by atoms with Gasteiger partial charge in [-0.05, 0) is 127 Å². The predicted octanol–water partition coefficient (Wildman–Crippen LogP) is 15.2. The van der Waals surface area contributed by atoms with Gasteiger partial charge in [0.25, 0.3) is 0 Å². The van der Waals surface area contributed by atoms with Crippen LogP contribution >= 0.6 is 0 Å². The lowest BCUT2D eigenvalue weighted by atomic mass is 10.0. The number of nitrogens with zero attached hydrogens (tertiary/aromatic N) is 2. The van der Waals surface area contributed by atoms with Crippen LogP contribution in [0.3, 0.4) is 0 Å². The molecule has 0 aliphatic heterocycles. The first-order chi connectivity index (χ1) is 30.0. The summed E-state index contributed by atoms with van der Waals surface area (Å²) in [4.78, 5) is 4.71. The Kier molecular flexibility index (Phi) is 13.2. The standard InChI is InChI=1S/C55H54N2O3Si/c1-5-42-25-33-48(34-26-42)56(54-23-13-19-46-17-9-11-21-52(46)54)50-37-29-44(30-38-50)45-31-39-51(40-32-45)57(55-24-14-20-47-18-10-12-22-53(47)55)49-35-27-43(28-36-49)16-15-41-61(58-6-2,59-7-3)60-8-4/h5,9-14,17-40H,1,6-8,15-16,41H2,2-4H3. The summed E-state index contributed by atoms with van der Waals surface area (Å²) in [5.74, 6) is 0. The molecule has 0 aliphatic carbocycles. The maximum Gasteiger partial charge on any atom is 0.500 e. The number of aryl methyl sites for hydroxylation is 1. The van der Waals surface area contributed by atoms with Crippen LogP contribution in [0, 0.1) is 0 Å². The summed E-state index contributed by atoms with van der Waals surface area (Å²) < 4.78 is 18.4. The van der Waals surface area contributed by atoms with E-state index in [1.807, 2.05) is 26.8 Å². The molecule has 0 aliphatic rings. The van der Waals surface area contributed by atoms with Gasteiger partial charge in [0.1, 0.15) is 0 Å². The summed E-state index contributed by atoms with van der Waals surface area (Å²) in [6.45, 7) is 11.8. The molecule has 0 atom stereocenters. The topological polar surface area (TPSA) is 34.2 Å². The molecule has 8 rings (SSSR count). The minimum absolute atomic E-state index is 0.593. The van der Waals surface area contributed by atoms with E-state index in [1.54, 1.807) is 0 Å². The van der Waals surface area contributed by atoms with E-state index in [1.165, 1.54) is 27.1 Å². The van der Waals surface area contributed by atoms with E-state index in [4.69, 9.17) is 13.3 Å². The fraction of sp³-hybridized carbons (Fsp3) is 0.164. The molecule has 6 heteroatoms.